The minimum absolute atomic E-state index is 0.130. The highest BCUT2D eigenvalue weighted by Crippen LogP contribution is 2.04. The molecule has 2 atom stereocenters. The number of carbonyl (C=O) groups is 3. The molecule has 0 aromatic heterocycles. The molecule has 3 amide bonds. The summed E-state index contributed by atoms with van der Waals surface area (Å²) in [5, 5.41) is 13.4. The molecule has 0 saturated carbocycles. The van der Waals surface area contributed by atoms with Crippen LogP contribution in [0.3, 0.4) is 0 Å². The van der Waals surface area contributed by atoms with Crippen molar-refractivity contribution in [1.82, 2.24) is 10.6 Å². The molecule has 0 aliphatic rings. The zero-order valence-corrected chi connectivity index (χ0v) is 10.2. The molecular formula is C10H19N3O4. The van der Waals surface area contributed by atoms with Crippen molar-refractivity contribution in [1.29, 1.82) is 0 Å². The summed E-state index contributed by atoms with van der Waals surface area (Å²) < 4.78 is 0. The molecule has 0 aromatic rings. The van der Waals surface area contributed by atoms with Gasteiger partial charge in [-0.1, -0.05) is 13.8 Å². The molecule has 2 unspecified atom stereocenters. The predicted octanol–water partition coefficient (Wildman–Crippen LogP) is -0.341. The van der Waals surface area contributed by atoms with E-state index in [1.54, 1.807) is 0 Å². The van der Waals surface area contributed by atoms with E-state index in [4.69, 9.17) is 10.8 Å². The van der Waals surface area contributed by atoms with Crippen LogP contribution in [0.15, 0.2) is 0 Å². The summed E-state index contributed by atoms with van der Waals surface area (Å²) in [6, 6.07) is -2.54. The number of hydrogen-bond acceptors (Lipinski definition) is 3. The van der Waals surface area contributed by atoms with E-state index in [0.29, 0.717) is 6.42 Å². The molecule has 0 fully saturated rings. The summed E-state index contributed by atoms with van der Waals surface area (Å²) in [6.07, 6.45) is 0.313. The van der Waals surface area contributed by atoms with Gasteiger partial charge in [0.2, 0.25) is 5.91 Å². The Morgan fingerprint density at radius 3 is 2.06 bits per heavy atom. The molecule has 7 heteroatoms. The highest BCUT2D eigenvalue weighted by molar-refractivity contribution is 5.87. The smallest absolute Gasteiger partial charge is 0.326 e. The molecule has 0 aliphatic heterocycles. The first-order valence-electron chi connectivity index (χ1n) is 5.33. The first-order chi connectivity index (χ1) is 7.73. The molecule has 0 heterocycles. The van der Waals surface area contributed by atoms with Gasteiger partial charge in [0.15, 0.2) is 0 Å². The highest BCUT2D eigenvalue weighted by atomic mass is 16.4. The lowest BCUT2D eigenvalue weighted by Gasteiger charge is -2.18. The van der Waals surface area contributed by atoms with Crippen molar-refractivity contribution in [2.45, 2.75) is 39.3 Å². The summed E-state index contributed by atoms with van der Waals surface area (Å²) >= 11 is 0. The SMILES string of the molecule is CC(C)CC(NC(=O)NC(C)C(N)=O)C(=O)O. The van der Waals surface area contributed by atoms with Gasteiger partial charge < -0.3 is 21.5 Å². The molecule has 0 aromatic carbocycles. The topological polar surface area (TPSA) is 122 Å². The van der Waals surface area contributed by atoms with Crippen LogP contribution in [0.2, 0.25) is 0 Å². The van der Waals surface area contributed by atoms with E-state index in [1.165, 1.54) is 6.92 Å². The van der Waals surface area contributed by atoms with E-state index in [-0.39, 0.29) is 5.92 Å². The molecule has 98 valence electrons. The zero-order chi connectivity index (χ0) is 13.6. The van der Waals surface area contributed by atoms with E-state index in [1.807, 2.05) is 13.8 Å². The summed E-state index contributed by atoms with van der Waals surface area (Å²) in [5.41, 5.74) is 4.96. The van der Waals surface area contributed by atoms with Crippen molar-refractivity contribution in [2.24, 2.45) is 11.7 Å². The zero-order valence-electron chi connectivity index (χ0n) is 10.2. The Labute approximate surface area is 99.7 Å². The number of carbonyl (C=O) groups excluding carboxylic acids is 2. The van der Waals surface area contributed by atoms with Crippen molar-refractivity contribution >= 4 is 17.9 Å². The van der Waals surface area contributed by atoms with Crippen LogP contribution in [-0.4, -0.2) is 35.1 Å². The molecule has 0 bridgehead atoms. The van der Waals surface area contributed by atoms with E-state index in [2.05, 4.69) is 10.6 Å². The summed E-state index contributed by atoms with van der Waals surface area (Å²) in [5.74, 6) is -1.67. The molecule has 7 nitrogen and oxygen atoms in total. The van der Waals surface area contributed by atoms with Gasteiger partial charge in [0.1, 0.15) is 12.1 Å². The lowest BCUT2D eigenvalue weighted by Crippen LogP contribution is -2.51. The maximum absolute atomic E-state index is 11.4. The minimum Gasteiger partial charge on any atom is -0.480 e. The fraction of sp³-hybridized carbons (Fsp3) is 0.700. The summed E-state index contributed by atoms with van der Waals surface area (Å²) in [4.78, 5) is 32.9. The van der Waals surface area contributed by atoms with Gasteiger partial charge in [-0.2, -0.15) is 0 Å². The fourth-order valence-corrected chi connectivity index (χ4v) is 1.16. The maximum Gasteiger partial charge on any atom is 0.326 e. The van der Waals surface area contributed by atoms with Gasteiger partial charge in [-0.15, -0.1) is 0 Å². The van der Waals surface area contributed by atoms with Gasteiger partial charge >= 0.3 is 12.0 Å². The second-order valence-electron chi connectivity index (χ2n) is 4.26. The Bertz CT molecular complexity index is 304. The molecule has 0 rings (SSSR count). The van der Waals surface area contributed by atoms with E-state index >= 15 is 0 Å². The van der Waals surface area contributed by atoms with Crippen molar-refractivity contribution < 1.29 is 19.5 Å². The van der Waals surface area contributed by atoms with Crippen LogP contribution in [0.1, 0.15) is 27.2 Å². The van der Waals surface area contributed by atoms with Gasteiger partial charge in [0.05, 0.1) is 0 Å². The number of carboxylic acid groups (broad SMARTS) is 1. The monoisotopic (exact) mass is 245 g/mol. The van der Waals surface area contributed by atoms with Crippen LogP contribution in [-0.2, 0) is 9.59 Å². The largest absolute Gasteiger partial charge is 0.480 e. The number of rotatable bonds is 6. The van der Waals surface area contributed by atoms with Crippen LogP contribution in [0.5, 0.6) is 0 Å². The number of nitrogens with two attached hydrogens (primary N) is 1. The normalized spacial score (nSPS) is 13.9. The number of urea groups is 1. The maximum atomic E-state index is 11.4. The molecule has 0 spiro atoms. The predicted molar refractivity (Wildman–Crippen MR) is 61.2 cm³/mol. The van der Waals surface area contributed by atoms with Crippen molar-refractivity contribution in [3.8, 4) is 0 Å². The first kappa shape index (κ1) is 15.2. The minimum atomic E-state index is -1.11. The van der Waals surface area contributed by atoms with Crippen molar-refractivity contribution in [3.63, 3.8) is 0 Å². The van der Waals surface area contributed by atoms with Gasteiger partial charge in [0, 0.05) is 0 Å². The second kappa shape index (κ2) is 6.72. The van der Waals surface area contributed by atoms with Crippen LogP contribution < -0.4 is 16.4 Å². The Kier molecular flexibility index (Phi) is 6.01. The van der Waals surface area contributed by atoms with Gasteiger partial charge in [-0.05, 0) is 19.3 Å². The lowest BCUT2D eigenvalue weighted by atomic mass is 10.0. The van der Waals surface area contributed by atoms with Crippen LogP contribution in [0, 0.1) is 5.92 Å². The second-order valence-corrected chi connectivity index (χ2v) is 4.26. The van der Waals surface area contributed by atoms with Crippen molar-refractivity contribution in [3.05, 3.63) is 0 Å². The molecule has 0 saturated heterocycles. The van der Waals surface area contributed by atoms with Gasteiger partial charge in [-0.3, -0.25) is 4.79 Å². The molecule has 17 heavy (non-hydrogen) atoms. The molecule has 5 N–H and O–H groups in total. The average Bonchev–Trinajstić information content (AvgIpc) is 2.15. The number of nitrogens with one attached hydrogen (secondary N) is 2. The number of primary amides is 1. The van der Waals surface area contributed by atoms with Crippen LogP contribution in [0.25, 0.3) is 0 Å². The third kappa shape index (κ3) is 6.39. The van der Waals surface area contributed by atoms with Gasteiger partial charge in [-0.25, -0.2) is 9.59 Å². The van der Waals surface area contributed by atoms with Crippen LogP contribution in [0.4, 0.5) is 4.79 Å². The van der Waals surface area contributed by atoms with Gasteiger partial charge in [0.25, 0.3) is 0 Å². The Morgan fingerprint density at radius 1 is 1.18 bits per heavy atom. The molecule has 0 aliphatic carbocycles. The lowest BCUT2D eigenvalue weighted by molar-refractivity contribution is -0.139. The number of carboxylic acids is 1. The number of aliphatic carboxylic acids is 1. The summed E-state index contributed by atoms with van der Waals surface area (Å²) in [6.45, 7) is 5.11. The Balaban J connectivity index is 4.31. The van der Waals surface area contributed by atoms with Crippen LogP contribution >= 0.6 is 0 Å². The fourth-order valence-electron chi connectivity index (χ4n) is 1.16. The third-order valence-electron chi connectivity index (χ3n) is 2.08. The first-order valence-corrected chi connectivity index (χ1v) is 5.33. The standard InChI is InChI=1S/C10H19N3O4/c1-5(2)4-7(9(15)16)13-10(17)12-6(3)8(11)14/h5-7H,4H2,1-3H3,(H2,11,14)(H,15,16)(H2,12,13,17). The summed E-state index contributed by atoms with van der Waals surface area (Å²) in [7, 11) is 0. The molecule has 0 radical (unpaired) electrons. The van der Waals surface area contributed by atoms with E-state index < -0.39 is 30.0 Å². The average molecular weight is 245 g/mol. The number of hydrogen-bond donors (Lipinski definition) is 4. The Hall–Kier alpha value is -1.79. The molecular weight excluding hydrogens is 226 g/mol. The quantitative estimate of drug-likeness (QED) is 0.511. The number of amides is 3. The Morgan fingerprint density at radius 2 is 1.71 bits per heavy atom. The third-order valence-corrected chi connectivity index (χ3v) is 2.08. The van der Waals surface area contributed by atoms with Crippen molar-refractivity contribution in [2.75, 3.05) is 0 Å². The highest BCUT2D eigenvalue weighted by Gasteiger charge is 2.22. The van der Waals surface area contributed by atoms with E-state index in [0.717, 1.165) is 0 Å². The van der Waals surface area contributed by atoms with E-state index in [9.17, 15) is 14.4 Å².